The first-order valence-corrected chi connectivity index (χ1v) is 6.21. The third-order valence-corrected chi connectivity index (χ3v) is 3.18. The Morgan fingerprint density at radius 3 is 2.65 bits per heavy atom. The van der Waals surface area contributed by atoms with Gasteiger partial charge in [0.1, 0.15) is 17.4 Å². The van der Waals surface area contributed by atoms with Crippen LogP contribution in [0.2, 0.25) is 0 Å². The summed E-state index contributed by atoms with van der Waals surface area (Å²) < 4.78 is 13.5. The van der Waals surface area contributed by atoms with Crippen molar-refractivity contribution >= 4 is 33.0 Å². The molecule has 0 aliphatic heterocycles. The number of nitrogens with zero attached hydrogens (tertiary/aromatic N) is 2. The predicted octanol–water partition coefficient (Wildman–Crippen LogP) is 4.11. The van der Waals surface area contributed by atoms with Crippen molar-refractivity contribution in [3.05, 3.63) is 62.4 Å². The molecular weight excluding hydrogens is 329 g/mol. The summed E-state index contributed by atoms with van der Waals surface area (Å²) in [4.78, 5) is 10.1. The van der Waals surface area contributed by atoms with Gasteiger partial charge in [-0.15, -0.1) is 0 Å². The summed E-state index contributed by atoms with van der Waals surface area (Å²) in [7, 11) is 0. The zero-order chi connectivity index (χ0) is 14.7. The SMILES string of the molecule is N#Cc1cc(Nc2ccc(F)cc2Br)ccc1[N+](=O)[O-]. The van der Waals surface area contributed by atoms with Gasteiger partial charge in [-0.1, -0.05) is 0 Å². The minimum atomic E-state index is -0.615. The lowest BCUT2D eigenvalue weighted by Gasteiger charge is -2.09. The second kappa shape index (κ2) is 5.67. The molecule has 0 unspecified atom stereocenters. The lowest BCUT2D eigenvalue weighted by molar-refractivity contribution is -0.385. The highest BCUT2D eigenvalue weighted by atomic mass is 79.9. The molecule has 0 heterocycles. The van der Waals surface area contributed by atoms with Crippen LogP contribution in [0, 0.1) is 27.3 Å². The van der Waals surface area contributed by atoms with E-state index in [2.05, 4.69) is 21.2 Å². The first-order chi connectivity index (χ1) is 9.51. The van der Waals surface area contributed by atoms with Crippen molar-refractivity contribution in [3.63, 3.8) is 0 Å². The Morgan fingerprint density at radius 2 is 2.05 bits per heavy atom. The number of hydrogen-bond acceptors (Lipinski definition) is 4. The number of nitrogens with one attached hydrogen (secondary N) is 1. The summed E-state index contributed by atoms with van der Waals surface area (Å²) in [5.74, 6) is -0.385. The van der Waals surface area contributed by atoms with Crippen molar-refractivity contribution in [2.45, 2.75) is 0 Å². The van der Waals surface area contributed by atoms with Gasteiger partial charge in [-0.3, -0.25) is 10.1 Å². The van der Waals surface area contributed by atoms with Crippen LogP contribution in [0.3, 0.4) is 0 Å². The molecule has 20 heavy (non-hydrogen) atoms. The van der Waals surface area contributed by atoms with Crippen molar-refractivity contribution in [3.8, 4) is 6.07 Å². The number of benzene rings is 2. The molecule has 2 rings (SSSR count). The van der Waals surface area contributed by atoms with Gasteiger partial charge in [0.15, 0.2) is 0 Å². The summed E-state index contributed by atoms with van der Waals surface area (Å²) in [5.41, 5.74) is 0.790. The topological polar surface area (TPSA) is 79.0 Å². The van der Waals surface area contributed by atoms with E-state index >= 15 is 0 Å². The Labute approximate surface area is 121 Å². The highest BCUT2D eigenvalue weighted by molar-refractivity contribution is 9.10. The summed E-state index contributed by atoms with van der Waals surface area (Å²) in [5, 5.41) is 22.6. The lowest BCUT2D eigenvalue weighted by atomic mass is 10.1. The standard InChI is InChI=1S/C13H7BrFN3O2/c14-11-6-9(15)1-3-12(11)17-10-2-4-13(18(19)20)8(5-10)7-16/h1-6,17H. The third-order valence-electron chi connectivity index (χ3n) is 2.52. The van der Waals surface area contributed by atoms with Crippen molar-refractivity contribution in [1.82, 2.24) is 0 Å². The Bertz CT molecular complexity index is 728. The van der Waals surface area contributed by atoms with Crippen LogP contribution < -0.4 is 5.32 Å². The molecule has 100 valence electrons. The third kappa shape index (κ3) is 2.92. The van der Waals surface area contributed by atoms with Gasteiger partial charge < -0.3 is 5.32 Å². The summed E-state index contributed by atoms with van der Waals surface area (Å²) in [6.45, 7) is 0. The molecule has 5 nitrogen and oxygen atoms in total. The van der Waals surface area contributed by atoms with E-state index in [1.165, 1.54) is 36.4 Å². The van der Waals surface area contributed by atoms with Crippen molar-refractivity contribution < 1.29 is 9.31 Å². The van der Waals surface area contributed by atoms with E-state index in [1.807, 2.05) is 0 Å². The van der Waals surface area contributed by atoms with Crippen LogP contribution in [0.15, 0.2) is 40.9 Å². The quantitative estimate of drug-likeness (QED) is 0.676. The maximum Gasteiger partial charge on any atom is 0.287 e. The molecule has 0 radical (unpaired) electrons. The second-order valence-electron chi connectivity index (χ2n) is 3.85. The van der Waals surface area contributed by atoms with Crippen LogP contribution in [0.1, 0.15) is 5.56 Å². The molecule has 0 aromatic heterocycles. The number of nitriles is 1. The molecule has 0 saturated heterocycles. The zero-order valence-electron chi connectivity index (χ0n) is 9.93. The number of anilines is 2. The molecule has 7 heteroatoms. The summed E-state index contributed by atoms with van der Waals surface area (Å²) >= 11 is 3.20. The van der Waals surface area contributed by atoms with Crippen molar-refractivity contribution in [2.75, 3.05) is 5.32 Å². The fourth-order valence-corrected chi connectivity index (χ4v) is 2.06. The van der Waals surface area contributed by atoms with E-state index in [1.54, 1.807) is 6.07 Å². The van der Waals surface area contributed by atoms with Gasteiger partial charge in [-0.05, 0) is 46.3 Å². The van der Waals surface area contributed by atoms with E-state index in [0.29, 0.717) is 15.8 Å². The van der Waals surface area contributed by atoms with E-state index in [0.717, 1.165) is 0 Å². The van der Waals surface area contributed by atoms with Crippen LogP contribution >= 0.6 is 15.9 Å². The molecule has 0 saturated carbocycles. The maximum atomic E-state index is 13.0. The molecule has 1 N–H and O–H groups in total. The summed E-state index contributed by atoms with van der Waals surface area (Å²) in [6.07, 6.45) is 0. The average molecular weight is 336 g/mol. The number of nitro benzene ring substituents is 1. The largest absolute Gasteiger partial charge is 0.355 e. The molecule has 0 bridgehead atoms. The Balaban J connectivity index is 2.35. The van der Waals surface area contributed by atoms with Crippen LogP contribution in [0.25, 0.3) is 0 Å². The molecule has 0 aliphatic rings. The minimum Gasteiger partial charge on any atom is -0.355 e. The lowest BCUT2D eigenvalue weighted by Crippen LogP contribution is -1.96. The molecule has 0 atom stereocenters. The van der Waals surface area contributed by atoms with Crippen molar-refractivity contribution in [2.24, 2.45) is 0 Å². The van der Waals surface area contributed by atoms with Gasteiger partial charge in [0.2, 0.25) is 0 Å². The number of nitro groups is 1. The average Bonchev–Trinajstić information content (AvgIpc) is 2.41. The summed E-state index contributed by atoms with van der Waals surface area (Å²) in [6, 6.07) is 9.96. The zero-order valence-corrected chi connectivity index (χ0v) is 11.5. The van der Waals surface area contributed by atoms with Gasteiger partial charge in [0.05, 0.1) is 10.6 Å². The smallest absolute Gasteiger partial charge is 0.287 e. The van der Waals surface area contributed by atoms with Gasteiger partial charge >= 0.3 is 0 Å². The Morgan fingerprint density at radius 1 is 1.30 bits per heavy atom. The van der Waals surface area contributed by atoms with Crippen LogP contribution in [-0.2, 0) is 0 Å². The number of rotatable bonds is 3. The first kappa shape index (κ1) is 14.0. The van der Waals surface area contributed by atoms with E-state index < -0.39 is 4.92 Å². The monoisotopic (exact) mass is 335 g/mol. The molecule has 0 amide bonds. The Kier molecular flexibility index (Phi) is 3.96. The van der Waals surface area contributed by atoms with Crippen LogP contribution in [-0.4, -0.2) is 4.92 Å². The molecule has 2 aromatic carbocycles. The van der Waals surface area contributed by atoms with Crippen LogP contribution in [0.4, 0.5) is 21.5 Å². The highest BCUT2D eigenvalue weighted by Gasteiger charge is 2.14. The predicted molar refractivity (Wildman–Crippen MR) is 75.2 cm³/mol. The van der Waals surface area contributed by atoms with Gasteiger partial charge in [0.25, 0.3) is 5.69 Å². The Hall–Kier alpha value is -2.46. The van der Waals surface area contributed by atoms with Crippen LogP contribution in [0.5, 0.6) is 0 Å². The molecular formula is C13H7BrFN3O2. The van der Waals surface area contributed by atoms with E-state index in [4.69, 9.17) is 5.26 Å². The van der Waals surface area contributed by atoms with Gasteiger partial charge in [0, 0.05) is 16.2 Å². The minimum absolute atomic E-state index is 0.0433. The molecule has 0 spiro atoms. The van der Waals surface area contributed by atoms with Crippen molar-refractivity contribution in [1.29, 1.82) is 5.26 Å². The normalized spacial score (nSPS) is 9.85. The van der Waals surface area contributed by atoms with E-state index in [9.17, 15) is 14.5 Å². The molecule has 2 aromatic rings. The first-order valence-electron chi connectivity index (χ1n) is 5.42. The maximum absolute atomic E-state index is 13.0. The number of halogens is 2. The highest BCUT2D eigenvalue weighted by Crippen LogP contribution is 2.29. The van der Waals surface area contributed by atoms with E-state index in [-0.39, 0.29) is 17.1 Å². The fourth-order valence-electron chi connectivity index (χ4n) is 1.61. The van der Waals surface area contributed by atoms with Gasteiger partial charge in [-0.2, -0.15) is 5.26 Å². The van der Waals surface area contributed by atoms with Gasteiger partial charge in [-0.25, -0.2) is 4.39 Å². The molecule has 0 aliphatic carbocycles. The number of hydrogen-bond donors (Lipinski definition) is 1. The second-order valence-corrected chi connectivity index (χ2v) is 4.70. The fraction of sp³-hybridized carbons (Fsp3) is 0. The molecule has 0 fully saturated rings.